The van der Waals surface area contributed by atoms with Gasteiger partial charge in [-0.25, -0.2) is 18.1 Å². The van der Waals surface area contributed by atoms with E-state index in [-0.39, 0.29) is 4.90 Å². The normalized spacial score (nSPS) is 14.1. The largest absolute Gasteiger partial charge is 0.382 e. The third-order valence-corrected chi connectivity index (χ3v) is 7.41. The summed E-state index contributed by atoms with van der Waals surface area (Å²) in [5.74, 6) is 0.916. The molecule has 0 spiro atoms. The number of sulfonamides is 1. The molecular weight excluding hydrogens is 448 g/mol. The molecule has 176 valence electrons. The zero-order valence-corrected chi connectivity index (χ0v) is 20.3. The third-order valence-electron chi connectivity index (χ3n) is 6.02. The maximum Gasteiger partial charge on any atom is 0.261 e. The van der Waals surface area contributed by atoms with Crippen molar-refractivity contribution in [1.29, 1.82) is 0 Å². The molecule has 2 aromatic heterocycles. The number of hydrogen-bond acceptors (Lipinski definition) is 6. The number of anilines is 2. The first-order chi connectivity index (χ1) is 16.2. The average molecular weight is 477 g/mol. The lowest BCUT2D eigenvalue weighted by Gasteiger charge is -2.12. The smallest absolute Gasteiger partial charge is 0.261 e. The Morgan fingerprint density at radius 1 is 1.09 bits per heavy atom. The molecule has 3 N–H and O–H groups in total. The van der Waals surface area contributed by atoms with Crippen LogP contribution in [0, 0.1) is 0 Å². The van der Waals surface area contributed by atoms with Crippen LogP contribution in [0.5, 0.6) is 0 Å². The van der Waals surface area contributed by atoms with Crippen molar-refractivity contribution in [3.05, 3.63) is 65.9 Å². The van der Waals surface area contributed by atoms with Crippen molar-refractivity contribution < 1.29 is 8.42 Å². The molecule has 4 aromatic rings. The minimum absolute atomic E-state index is 0.229. The van der Waals surface area contributed by atoms with Gasteiger partial charge in [0.2, 0.25) is 0 Å². The minimum Gasteiger partial charge on any atom is -0.382 e. The molecule has 2 aromatic carbocycles. The van der Waals surface area contributed by atoms with Gasteiger partial charge in [0, 0.05) is 30.9 Å². The van der Waals surface area contributed by atoms with Gasteiger partial charge in [0.05, 0.1) is 10.3 Å². The van der Waals surface area contributed by atoms with Crippen LogP contribution < -0.4 is 10.5 Å². The number of nitrogens with two attached hydrogens (primary N) is 1. The first kappa shape index (κ1) is 22.4. The summed E-state index contributed by atoms with van der Waals surface area (Å²) in [6, 6.07) is 16.4. The summed E-state index contributed by atoms with van der Waals surface area (Å²) < 4.78 is 30.2. The van der Waals surface area contributed by atoms with E-state index < -0.39 is 10.0 Å². The molecule has 0 bridgehead atoms. The molecule has 9 heteroatoms. The number of rotatable bonds is 7. The summed E-state index contributed by atoms with van der Waals surface area (Å²) in [6.07, 6.45) is 2.28. The predicted molar refractivity (Wildman–Crippen MR) is 135 cm³/mol. The van der Waals surface area contributed by atoms with Gasteiger partial charge >= 0.3 is 0 Å². The first-order valence-corrected chi connectivity index (χ1v) is 12.7. The fourth-order valence-corrected chi connectivity index (χ4v) is 5.24. The van der Waals surface area contributed by atoms with Crippen molar-refractivity contribution in [3.63, 3.8) is 0 Å². The summed E-state index contributed by atoms with van der Waals surface area (Å²) in [5.41, 5.74) is 11.5. The standard InChI is InChI=1S/C25H28N6O2S/c1-30(2)15-16-4-12-20(13-5-16)34(32,33)29-19-10-8-17(9-11-19)21-14-22(18-6-7-18)27-25-23(21)24(26)28-31(25)3/h4-5,8-14,18,29H,6-7,15H2,1-3H3,(H2,26,28). The molecule has 2 heterocycles. The zero-order valence-electron chi connectivity index (χ0n) is 19.5. The molecule has 0 radical (unpaired) electrons. The molecule has 1 aliphatic rings. The van der Waals surface area contributed by atoms with Gasteiger partial charge in [-0.2, -0.15) is 5.10 Å². The number of nitrogens with zero attached hydrogens (tertiary/aromatic N) is 4. The highest BCUT2D eigenvalue weighted by Crippen LogP contribution is 2.42. The topological polar surface area (TPSA) is 106 Å². The molecule has 34 heavy (non-hydrogen) atoms. The SMILES string of the molecule is CN(C)Cc1ccc(S(=O)(=O)Nc2ccc(-c3cc(C4CC4)nc4c3c(N)nn4C)cc2)cc1. The number of aromatic nitrogens is 3. The number of fused-ring (bicyclic) bond motifs is 1. The van der Waals surface area contributed by atoms with E-state index >= 15 is 0 Å². The van der Waals surface area contributed by atoms with Crippen LogP contribution in [-0.4, -0.2) is 42.2 Å². The van der Waals surface area contributed by atoms with E-state index in [9.17, 15) is 8.42 Å². The molecular formula is C25H28N6O2S. The number of nitrogen functional groups attached to an aromatic ring is 1. The quantitative estimate of drug-likeness (QED) is 0.418. The van der Waals surface area contributed by atoms with Crippen molar-refractivity contribution in [2.45, 2.75) is 30.2 Å². The van der Waals surface area contributed by atoms with Crippen LogP contribution in [0.15, 0.2) is 59.5 Å². The van der Waals surface area contributed by atoms with Crippen LogP contribution in [0.1, 0.15) is 30.0 Å². The highest BCUT2D eigenvalue weighted by molar-refractivity contribution is 7.92. The Hall–Kier alpha value is -3.43. The maximum atomic E-state index is 12.9. The molecule has 1 saturated carbocycles. The van der Waals surface area contributed by atoms with Crippen molar-refractivity contribution in [3.8, 4) is 11.1 Å². The van der Waals surface area contributed by atoms with E-state index in [2.05, 4.69) is 15.9 Å². The Kier molecular flexibility index (Phi) is 5.53. The lowest BCUT2D eigenvalue weighted by atomic mass is 10.0. The van der Waals surface area contributed by atoms with Gasteiger partial charge in [0.15, 0.2) is 11.5 Å². The maximum absolute atomic E-state index is 12.9. The molecule has 1 fully saturated rings. The highest BCUT2D eigenvalue weighted by Gasteiger charge is 2.27. The van der Waals surface area contributed by atoms with Crippen LogP contribution in [0.3, 0.4) is 0 Å². The molecule has 5 rings (SSSR count). The Bertz CT molecular complexity index is 1450. The van der Waals surface area contributed by atoms with E-state index in [1.165, 1.54) is 0 Å². The molecule has 0 saturated heterocycles. The van der Waals surface area contributed by atoms with Crippen LogP contribution in [0.25, 0.3) is 22.2 Å². The van der Waals surface area contributed by atoms with E-state index in [4.69, 9.17) is 10.7 Å². The zero-order chi connectivity index (χ0) is 24.0. The molecule has 0 amide bonds. The summed E-state index contributed by atoms with van der Waals surface area (Å²) in [5, 5.41) is 5.17. The molecule has 0 atom stereocenters. The van der Waals surface area contributed by atoms with Crippen molar-refractivity contribution >= 4 is 32.6 Å². The fourth-order valence-electron chi connectivity index (χ4n) is 4.18. The van der Waals surface area contributed by atoms with E-state index in [0.29, 0.717) is 17.4 Å². The molecule has 0 unspecified atom stereocenters. The molecule has 8 nitrogen and oxygen atoms in total. The number of aryl methyl sites for hydroxylation is 1. The monoisotopic (exact) mass is 476 g/mol. The summed E-state index contributed by atoms with van der Waals surface area (Å²) >= 11 is 0. The van der Waals surface area contributed by atoms with E-state index in [0.717, 1.165) is 52.8 Å². The van der Waals surface area contributed by atoms with Gasteiger partial charge in [-0.05, 0) is 74.0 Å². The Balaban J connectivity index is 1.43. The van der Waals surface area contributed by atoms with Gasteiger partial charge < -0.3 is 10.6 Å². The van der Waals surface area contributed by atoms with Gasteiger partial charge in [-0.1, -0.05) is 24.3 Å². The number of benzene rings is 2. The van der Waals surface area contributed by atoms with Crippen LogP contribution in [0.2, 0.25) is 0 Å². The average Bonchev–Trinajstić information content (AvgIpc) is 3.60. The number of pyridine rings is 1. The number of hydrogen-bond donors (Lipinski definition) is 2. The first-order valence-electron chi connectivity index (χ1n) is 11.2. The summed E-state index contributed by atoms with van der Waals surface area (Å²) in [4.78, 5) is 7.05. The summed E-state index contributed by atoms with van der Waals surface area (Å²) in [7, 11) is 2.10. The molecule has 1 aliphatic carbocycles. The van der Waals surface area contributed by atoms with Crippen LogP contribution in [0.4, 0.5) is 11.5 Å². The van der Waals surface area contributed by atoms with Gasteiger partial charge in [-0.3, -0.25) is 4.72 Å². The number of nitrogens with one attached hydrogen (secondary N) is 1. The lowest BCUT2D eigenvalue weighted by Crippen LogP contribution is -2.14. The predicted octanol–water partition coefficient (Wildman–Crippen LogP) is 3.96. The van der Waals surface area contributed by atoms with Crippen molar-refractivity contribution in [1.82, 2.24) is 19.7 Å². The van der Waals surface area contributed by atoms with Gasteiger partial charge in [0.25, 0.3) is 10.0 Å². The van der Waals surface area contributed by atoms with Crippen LogP contribution in [-0.2, 0) is 23.6 Å². The second-order valence-electron chi connectivity index (χ2n) is 9.14. The second-order valence-corrected chi connectivity index (χ2v) is 10.8. The Labute approximate surface area is 199 Å². The van der Waals surface area contributed by atoms with E-state index in [1.54, 1.807) is 28.9 Å². The Morgan fingerprint density at radius 2 is 1.76 bits per heavy atom. The van der Waals surface area contributed by atoms with Crippen molar-refractivity contribution in [2.75, 3.05) is 24.6 Å². The van der Waals surface area contributed by atoms with Gasteiger partial charge in [0.1, 0.15) is 0 Å². The fraction of sp³-hybridized carbons (Fsp3) is 0.280. The summed E-state index contributed by atoms with van der Waals surface area (Å²) in [6.45, 7) is 0.751. The lowest BCUT2D eigenvalue weighted by molar-refractivity contribution is 0.402. The van der Waals surface area contributed by atoms with Gasteiger partial charge in [-0.15, -0.1) is 0 Å². The van der Waals surface area contributed by atoms with E-state index in [1.807, 2.05) is 50.3 Å². The second kappa shape index (κ2) is 8.41. The highest BCUT2D eigenvalue weighted by atomic mass is 32.2. The van der Waals surface area contributed by atoms with Crippen molar-refractivity contribution in [2.24, 2.45) is 7.05 Å². The molecule has 0 aliphatic heterocycles. The third kappa shape index (κ3) is 4.36. The Morgan fingerprint density at radius 3 is 2.38 bits per heavy atom. The van der Waals surface area contributed by atoms with Crippen LogP contribution >= 0.6 is 0 Å². The minimum atomic E-state index is -3.69.